The summed E-state index contributed by atoms with van der Waals surface area (Å²) in [6.45, 7) is 2.62. The molecule has 27 heavy (non-hydrogen) atoms. The predicted molar refractivity (Wildman–Crippen MR) is 108 cm³/mol. The molecule has 0 spiro atoms. The Morgan fingerprint density at radius 1 is 1.48 bits per heavy atom. The zero-order chi connectivity index (χ0) is 19.0. The van der Waals surface area contributed by atoms with Crippen molar-refractivity contribution >= 4 is 39.2 Å². The van der Waals surface area contributed by atoms with Crippen molar-refractivity contribution in [2.24, 2.45) is 11.7 Å². The van der Waals surface area contributed by atoms with Crippen LogP contribution >= 0.6 is 23.1 Å². The zero-order valence-corrected chi connectivity index (χ0v) is 16.6. The van der Waals surface area contributed by atoms with Crippen LogP contribution in [0.5, 0.6) is 0 Å². The van der Waals surface area contributed by atoms with Crippen LogP contribution in [-0.4, -0.2) is 26.2 Å². The van der Waals surface area contributed by atoms with Crippen LogP contribution in [0.4, 0.5) is 0 Å². The molecule has 0 fully saturated rings. The first-order chi connectivity index (χ1) is 13.0. The van der Waals surface area contributed by atoms with Gasteiger partial charge in [-0.2, -0.15) is 0 Å². The van der Waals surface area contributed by atoms with Crippen molar-refractivity contribution in [1.29, 1.82) is 0 Å². The molecule has 0 bridgehead atoms. The van der Waals surface area contributed by atoms with E-state index in [4.69, 9.17) is 10.7 Å². The van der Waals surface area contributed by atoms with Gasteiger partial charge in [0.05, 0.1) is 17.7 Å². The number of primary amides is 1. The number of fused-ring (bicyclic) bond motifs is 3. The third-order valence-electron chi connectivity index (χ3n) is 4.79. The Hall–Kier alpha value is -2.19. The first-order valence-electron chi connectivity index (χ1n) is 8.88. The lowest BCUT2D eigenvalue weighted by molar-refractivity contribution is -0.115. The van der Waals surface area contributed by atoms with Crippen molar-refractivity contribution in [3.8, 4) is 0 Å². The fourth-order valence-corrected chi connectivity index (χ4v) is 5.63. The molecule has 1 amide bonds. The average molecular weight is 401 g/mol. The normalized spacial score (nSPS) is 16.4. The zero-order valence-electron chi connectivity index (χ0n) is 15.0. The smallest absolute Gasteiger partial charge is 0.263 e. The third-order valence-corrected chi connectivity index (χ3v) is 6.93. The summed E-state index contributed by atoms with van der Waals surface area (Å²) in [4.78, 5) is 35.6. The molecule has 0 aromatic carbocycles. The molecule has 0 unspecified atom stereocenters. The van der Waals surface area contributed by atoms with Crippen LogP contribution in [0, 0.1) is 5.92 Å². The molecule has 0 radical (unpaired) electrons. The molecule has 0 aliphatic heterocycles. The van der Waals surface area contributed by atoms with Crippen LogP contribution in [-0.2, 0) is 24.2 Å². The molecule has 2 N–H and O–H groups in total. The molecule has 0 saturated carbocycles. The average Bonchev–Trinajstić information content (AvgIpc) is 3.00. The van der Waals surface area contributed by atoms with Crippen molar-refractivity contribution < 1.29 is 4.79 Å². The molecule has 3 heterocycles. The molecule has 3 aromatic rings. The Bertz CT molecular complexity index is 1060. The number of hydrogen-bond donors (Lipinski definition) is 1. The lowest BCUT2D eigenvalue weighted by Crippen LogP contribution is -2.25. The van der Waals surface area contributed by atoms with E-state index in [1.165, 1.54) is 16.6 Å². The topological polar surface area (TPSA) is 90.9 Å². The minimum atomic E-state index is -0.429. The van der Waals surface area contributed by atoms with Gasteiger partial charge in [-0.25, -0.2) is 4.98 Å². The summed E-state index contributed by atoms with van der Waals surface area (Å²) in [5.74, 6) is 0.293. The van der Waals surface area contributed by atoms with Crippen molar-refractivity contribution in [2.75, 3.05) is 5.75 Å². The molecular weight excluding hydrogens is 380 g/mol. The first-order valence-corrected chi connectivity index (χ1v) is 10.7. The number of carbonyl (C=O) groups excluding carboxylic acids is 1. The molecule has 4 rings (SSSR count). The second kappa shape index (κ2) is 7.44. The minimum absolute atomic E-state index is 0.0390. The maximum atomic E-state index is 13.4. The molecule has 8 heteroatoms. The van der Waals surface area contributed by atoms with Crippen LogP contribution in [0.2, 0.25) is 0 Å². The summed E-state index contributed by atoms with van der Waals surface area (Å²) in [5, 5.41) is 1.27. The van der Waals surface area contributed by atoms with Crippen molar-refractivity contribution in [1.82, 2.24) is 14.5 Å². The van der Waals surface area contributed by atoms with Gasteiger partial charge in [0.15, 0.2) is 5.16 Å². The molecular formula is C19H20N4O2S2. The molecule has 3 aromatic heterocycles. The number of nitrogens with zero attached hydrogens (tertiary/aromatic N) is 3. The highest BCUT2D eigenvalue weighted by Crippen LogP contribution is 2.36. The van der Waals surface area contributed by atoms with Crippen LogP contribution < -0.4 is 11.3 Å². The van der Waals surface area contributed by atoms with Gasteiger partial charge in [0.2, 0.25) is 5.91 Å². The van der Waals surface area contributed by atoms with Gasteiger partial charge in [-0.05, 0) is 42.4 Å². The van der Waals surface area contributed by atoms with Crippen LogP contribution in [0.25, 0.3) is 10.2 Å². The third kappa shape index (κ3) is 3.64. The minimum Gasteiger partial charge on any atom is -0.369 e. The number of hydrogen-bond acceptors (Lipinski definition) is 6. The summed E-state index contributed by atoms with van der Waals surface area (Å²) in [6.07, 6.45) is 6.46. The Morgan fingerprint density at radius 3 is 3.07 bits per heavy atom. The molecule has 1 atom stereocenters. The summed E-state index contributed by atoms with van der Waals surface area (Å²) in [6, 6.07) is 3.77. The number of amides is 1. The predicted octanol–water partition coefficient (Wildman–Crippen LogP) is 2.60. The van der Waals surface area contributed by atoms with E-state index in [0.717, 1.165) is 40.6 Å². The summed E-state index contributed by atoms with van der Waals surface area (Å²) in [5.41, 5.74) is 7.35. The number of thiophene rings is 1. The maximum absolute atomic E-state index is 13.4. The van der Waals surface area contributed by atoms with Gasteiger partial charge < -0.3 is 5.73 Å². The fourth-order valence-electron chi connectivity index (χ4n) is 3.46. The maximum Gasteiger partial charge on any atom is 0.263 e. The molecule has 1 aliphatic carbocycles. The Labute approximate surface area is 164 Å². The Kier molecular flexibility index (Phi) is 5.01. The largest absolute Gasteiger partial charge is 0.369 e. The number of pyridine rings is 1. The standard InChI is InChI=1S/C19H20N4O2S2/c1-11-4-5-13-14(7-11)27-17-16(13)18(25)23(9-12-3-2-6-21-8-12)19(22-17)26-10-15(20)24/h2-3,6,8,11H,4-5,7,9-10H2,1H3,(H2,20,24)/t11-/m0/s1. The van der Waals surface area contributed by atoms with Crippen molar-refractivity contribution in [3.05, 3.63) is 50.9 Å². The number of nitrogens with two attached hydrogens (primary N) is 1. The molecule has 0 saturated heterocycles. The van der Waals surface area contributed by atoms with Gasteiger partial charge in [0.25, 0.3) is 5.56 Å². The lowest BCUT2D eigenvalue weighted by atomic mass is 9.89. The SMILES string of the molecule is C[C@H]1CCc2c(sc3nc(SCC(N)=O)n(Cc4cccnc4)c(=O)c23)C1. The monoisotopic (exact) mass is 400 g/mol. The number of rotatable bonds is 5. The van der Waals surface area contributed by atoms with Gasteiger partial charge in [-0.15, -0.1) is 11.3 Å². The summed E-state index contributed by atoms with van der Waals surface area (Å²) >= 11 is 2.83. The Morgan fingerprint density at radius 2 is 2.33 bits per heavy atom. The highest BCUT2D eigenvalue weighted by molar-refractivity contribution is 7.99. The van der Waals surface area contributed by atoms with Crippen LogP contribution in [0.1, 0.15) is 29.3 Å². The highest BCUT2D eigenvalue weighted by Gasteiger charge is 2.25. The highest BCUT2D eigenvalue weighted by atomic mass is 32.2. The van der Waals surface area contributed by atoms with Crippen molar-refractivity contribution in [2.45, 2.75) is 37.9 Å². The number of carbonyl (C=O) groups is 1. The van der Waals surface area contributed by atoms with Gasteiger partial charge >= 0.3 is 0 Å². The van der Waals surface area contributed by atoms with Gasteiger partial charge in [0, 0.05) is 17.3 Å². The van der Waals surface area contributed by atoms with E-state index in [2.05, 4.69) is 11.9 Å². The Balaban J connectivity index is 1.86. The van der Waals surface area contributed by atoms with E-state index in [9.17, 15) is 9.59 Å². The summed E-state index contributed by atoms with van der Waals surface area (Å²) < 4.78 is 1.65. The van der Waals surface area contributed by atoms with E-state index < -0.39 is 5.91 Å². The molecule has 6 nitrogen and oxygen atoms in total. The number of aryl methyl sites for hydroxylation is 1. The number of aromatic nitrogens is 3. The molecule has 1 aliphatic rings. The van der Waals surface area contributed by atoms with E-state index in [1.807, 2.05) is 12.1 Å². The van der Waals surface area contributed by atoms with E-state index in [1.54, 1.807) is 28.3 Å². The first kappa shape index (κ1) is 18.2. The van der Waals surface area contributed by atoms with Crippen LogP contribution in [0.3, 0.4) is 0 Å². The summed E-state index contributed by atoms with van der Waals surface area (Å²) in [7, 11) is 0. The van der Waals surface area contributed by atoms with Gasteiger partial charge in [-0.1, -0.05) is 24.8 Å². The van der Waals surface area contributed by atoms with Crippen LogP contribution in [0.15, 0.2) is 34.5 Å². The molecule has 140 valence electrons. The van der Waals surface area contributed by atoms with Crippen molar-refractivity contribution in [3.63, 3.8) is 0 Å². The second-order valence-corrected chi connectivity index (χ2v) is 8.96. The lowest BCUT2D eigenvalue weighted by Gasteiger charge is -2.17. The van der Waals surface area contributed by atoms with E-state index >= 15 is 0 Å². The fraction of sp³-hybridized carbons (Fsp3) is 0.368. The van der Waals surface area contributed by atoms with E-state index in [0.29, 0.717) is 17.6 Å². The van der Waals surface area contributed by atoms with Gasteiger partial charge in [0.1, 0.15) is 4.83 Å². The number of thioether (sulfide) groups is 1. The van der Waals surface area contributed by atoms with Gasteiger partial charge in [-0.3, -0.25) is 19.1 Å². The second-order valence-electron chi connectivity index (χ2n) is 6.93. The van der Waals surface area contributed by atoms with E-state index in [-0.39, 0.29) is 11.3 Å². The quantitative estimate of drug-likeness (QED) is 0.525.